The number of halogens is 2. The van der Waals surface area contributed by atoms with Crippen LogP contribution in [0.2, 0.25) is 0 Å². The van der Waals surface area contributed by atoms with Gasteiger partial charge < -0.3 is 10.8 Å². The average molecular weight is 393 g/mol. The van der Waals surface area contributed by atoms with E-state index in [1.807, 2.05) is 12.1 Å². The number of hydrogen-bond acceptors (Lipinski definition) is 5. The molecule has 8 heteroatoms. The molecule has 1 atom stereocenters. The summed E-state index contributed by atoms with van der Waals surface area (Å²) in [7, 11) is 0. The Morgan fingerprint density at radius 3 is 2.69 bits per heavy atom. The Morgan fingerprint density at radius 1 is 1.10 bits per heavy atom. The van der Waals surface area contributed by atoms with Crippen LogP contribution in [0.15, 0.2) is 42.7 Å². The second kappa shape index (κ2) is 6.51. The number of hydrogen-bond donors (Lipinski definition) is 2. The van der Waals surface area contributed by atoms with Gasteiger partial charge in [0, 0.05) is 5.56 Å². The summed E-state index contributed by atoms with van der Waals surface area (Å²) >= 11 is 0. The molecule has 29 heavy (non-hydrogen) atoms. The van der Waals surface area contributed by atoms with Crippen LogP contribution in [-0.4, -0.2) is 24.9 Å². The Labute approximate surface area is 164 Å². The monoisotopic (exact) mass is 393 g/mol. The predicted molar refractivity (Wildman–Crippen MR) is 104 cm³/mol. The number of rotatable bonds is 2. The lowest BCUT2D eigenvalue weighted by Crippen LogP contribution is -2.20. The average Bonchev–Trinajstić information content (AvgIpc) is 3.12. The normalized spacial score (nSPS) is 16.1. The lowest BCUT2D eigenvalue weighted by Gasteiger charge is -2.25. The third-order valence-corrected chi connectivity index (χ3v) is 5.47. The molecule has 0 radical (unpaired) electrons. The van der Waals surface area contributed by atoms with E-state index >= 15 is 0 Å². The zero-order valence-electron chi connectivity index (χ0n) is 15.3. The molecule has 3 N–H and O–H groups in total. The minimum absolute atomic E-state index is 0.0364. The molecule has 0 aliphatic heterocycles. The number of nitrogen functional groups attached to an aromatic ring is 1. The summed E-state index contributed by atoms with van der Waals surface area (Å²) in [5.41, 5.74) is 9.71. The van der Waals surface area contributed by atoms with E-state index in [9.17, 15) is 13.9 Å². The molecule has 0 spiro atoms. The number of nitrogens with zero attached hydrogens (tertiary/aromatic N) is 4. The maximum atomic E-state index is 13.9. The van der Waals surface area contributed by atoms with Crippen molar-refractivity contribution in [3.63, 3.8) is 0 Å². The van der Waals surface area contributed by atoms with Crippen LogP contribution in [0, 0.1) is 11.6 Å². The lowest BCUT2D eigenvalue weighted by atomic mass is 9.88. The fraction of sp³-hybridized carbons (Fsp3) is 0.190. The second-order valence-corrected chi connectivity index (χ2v) is 7.21. The number of fused-ring (bicyclic) bond motifs is 2. The van der Waals surface area contributed by atoms with Crippen LogP contribution in [-0.2, 0) is 12.8 Å². The molecule has 1 unspecified atom stereocenters. The third-order valence-electron chi connectivity index (χ3n) is 5.47. The molecule has 4 aromatic rings. The van der Waals surface area contributed by atoms with Gasteiger partial charge in [0.1, 0.15) is 17.8 Å². The first-order valence-electron chi connectivity index (χ1n) is 9.26. The number of phenols is 1. The molecule has 5 rings (SSSR count). The van der Waals surface area contributed by atoms with E-state index in [2.05, 4.69) is 27.2 Å². The number of aromatic hydroxyl groups is 1. The van der Waals surface area contributed by atoms with Gasteiger partial charge in [0.15, 0.2) is 23.0 Å². The topological polar surface area (TPSA) is 89.8 Å². The smallest absolute Gasteiger partial charge is 0.200 e. The molecule has 2 heterocycles. The van der Waals surface area contributed by atoms with E-state index in [1.54, 1.807) is 4.68 Å². The maximum Gasteiger partial charge on any atom is 0.200 e. The highest BCUT2D eigenvalue weighted by Crippen LogP contribution is 2.37. The number of aryl methyl sites for hydroxylation is 1. The van der Waals surface area contributed by atoms with Gasteiger partial charge in [-0.15, -0.1) is 0 Å². The first-order chi connectivity index (χ1) is 14.0. The fourth-order valence-corrected chi connectivity index (χ4v) is 4.05. The fourth-order valence-electron chi connectivity index (χ4n) is 4.05. The molecular formula is C21H17F2N5O. The Kier molecular flexibility index (Phi) is 3.94. The van der Waals surface area contributed by atoms with Gasteiger partial charge >= 0.3 is 0 Å². The highest BCUT2D eigenvalue weighted by atomic mass is 19.2. The molecule has 0 amide bonds. The van der Waals surface area contributed by atoms with E-state index < -0.39 is 17.4 Å². The van der Waals surface area contributed by atoms with Crippen molar-refractivity contribution in [2.45, 2.75) is 25.3 Å². The maximum absolute atomic E-state index is 13.9. The van der Waals surface area contributed by atoms with E-state index in [1.165, 1.54) is 17.5 Å². The molecular weight excluding hydrogens is 376 g/mol. The molecule has 0 bridgehead atoms. The Morgan fingerprint density at radius 2 is 1.90 bits per heavy atom. The highest BCUT2D eigenvalue weighted by Gasteiger charge is 2.26. The first kappa shape index (κ1) is 17.5. The van der Waals surface area contributed by atoms with Crippen LogP contribution in [0.4, 0.5) is 14.6 Å². The van der Waals surface area contributed by atoms with Gasteiger partial charge in [-0.05, 0) is 42.5 Å². The Balaban J connectivity index is 1.68. The molecule has 2 aromatic heterocycles. The number of nitrogens with two attached hydrogens (primary N) is 1. The van der Waals surface area contributed by atoms with Crippen LogP contribution in [0.25, 0.3) is 22.3 Å². The zero-order valence-corrected chi connectivity index (χ0v) is 15.3. The van der Waals surface area contributed by atoms with Crippen molar-refractivity contribution in [2.24, 2.45) is 0 Å². The first-order valence-corrected chi connectivity index (χ1v) is 9.26. The van der Waals surface area contributed by atoms with E-state index in [4.69, 9.17) is 5.73 Å². The van der Waals surface area contributed by atoms with E-state index in [-0.39, 0.29) is 17.4 Å². The van der Waals surface area contributed by atoms with Crippen molar-refractivity contribution in [3.05, 3.63) is 65.5 Å². The number of anilines is 1. The summed E-state index contributed by atoms with van der Waals surface area (Å²) in [6.45, 7) is 0. The summed E-state index contributed by atoms with van der Waals surface area (Å²) in [5, 5.41) is 14.9. The van der Waals surface area contributed by atoms with Gasteiger partial charge in [-0.2, -0.15) is 9.49 Å². The van der Waals surface area contributed by atoms with E-state index in [0.29, 0.717) is 16.7 Å². The lowest BCUT2D eigenvalue weighted by molar-refractivity contribution is 0.407. The zero-order chi connectivity index (χ0) is 20.1. The van der Waals surface area contributed by atoms with Gasteiger partial charge in [-0.3, -0.25) is 0 Å². The van der Waals surface area contributed by atoms with Gasteiger partial charge in [0.25, 0.3) is 0 Å². The largest absolute Gasteiger partial charge is 0.505 e. The quantitative estimate of drug-likeness (QED) is 0.541. The number of phenolic OH excluding ortho intramolecular Hbond substituents is 1. The molecule has 0 fully saturated rings. The van der Waals surface area contributed by atoms with Crippen molar-refractivity contribution in [1.29, 1.82) is 0 Å². The molecule has 0 saturated heterocycles. The van der Waals surface area contributed by atoms with Crippen molar-refractivity contribution in [1.82, 2.24) is 19.7 Å². The number of benzene rings is 2. The minimum Gasteiger partial charge on any atom is -0.505 e. The minimum atomic E-state index is -1.30. The highest BCUT2D eigenvalue weighted by molar-refractivity contribution is 5.98. The molecule has 1 aliphatic rings. The SMILES string of the molecule is Nc1ncnc2c1c(-c1cc(O)c(F)c(F)c1)nn2C1CCc2ccccc2C1. The molecule has 0 saturated carbocycles. The predicted octanol–water partition coefficient (Wildman–Crippen LogP) is 3.79. The van der Waals surface area contributed by atoms with E-state index in [0.717, 1.165) is 31.4 Å². The summed E-state index contributed by atoms with van der Waals surface area (Å²) in [6.07, 6.45) is 3.91. The molecule has 2 aromatic carbocycles. The Bertz CT molecular complexity index is 1230. The van der Waals surface area contributed by atoms with Gasteiger partial charge in [0.05, 0.1) is 11.4 Å². The van der Waals surface area contributed by atoms with Crippen molar-refractivity contribution in [3.8, 4) is 17.0 Å². The van der Waals surface area contributed by atoms with Gasteiger partial charge in [-0.25, -0.2) is 19.0 Å². The van der Waals surface area contributed by atoms with Crippen molar-refractivity contribution < 1.29 is 13.9 Å². The van der Waals surface area contributed by atoms with Crippen molar-refractivity contribution >= 4 is 16.9 Å². The third kappa shape index (κ3) is 2.79. The summed E-state index contributed by atoms with van der Waals surface area (Å²) < 4.78 is 29.3. The molecule has 1 aliphatic carbocycles. The summed E-state index contributed by atoms with van der Waals surface area (Å²) in [5.74, 6) is -3.06. The molecule has 146 valence electrons. The number of aromatic nitrogens is 4. The van der Waals surface area contributed by atoms with Crippen LogP contribution < -0.4 is 5.73 Å². The summed E-state index contributed by atoms with van der Waals surface area (Å²) in [4.78, 5) is 8.39. The Hall–Kier alpha value is -3.55. The standard InChI is InChI=1S/C21H17F2N5O/c22-15-8-13(9-16(29)18(15)23)19-17-20(24)25-10-26-21(17)28(27-19)14-6-5-11-3-1-2-4-12(11)7-14/h1-4,8-10,14,29H,5-7H2,(H2,24,25,26). The van der Waals surface area contributed by atoms with Crippen LogP contribution in [0.3, 0.4) is 0 Å². The van der Waals surface area contributed by atoms with Crippen LogP contribution in [0.1, 0.15) is 23.6 Å². The van der Waals surface area contributed by atoms with Crippen molar-refractivity contribution in [2.75, 3.05) is 5.73 Å². The van der Waals surface area contributed by atoms with Crippen LogP contribution >= 0.6 is 0 Å². The van der Waals surface area contributed by atoms with Gasteiger partial charge in [-0.1, -0.05) is 24.3 Å². The van der Waals surface area contributed by atoms with Crippen LogP contribution in [0.5, 0.6) is 5.75 Å². The molecule has 6 nitrogen and oxygen atoms in total. The second-order valence-electron chi connectivity index (χ2n) is 7.21. The summed E-state index contributed by atoms with van der Waals surface area (Å²) in [6, 6.07) is 10.4. The van der Waals surface area contributed by atoms with Gasteiger partial charge in [0.2, 0.25) is 0 Å².